The molecule has 8 heteroatoms. The van der Waals surface area contributed by atoms with Gasteiger partial charge in [0.2, 0.25) is 5.91 Å². The summed E-state index contributed by atoms with van der Waals surface area (Å²) in [5.41, 5.74) is 5.09. The maximum absolute atomic E-state index is 12.0. The molecular formula is C12H23Cl2N3O2S. The molecule has 0 aliphatic heterocycles. The zero-order valence-electron chi connectivity index (χ0n) is 11.9. The number of rotatable bonds is 7. The Balaban J connectivity index is 0. The maximum Gasteiger partial charge on any atom is 0.223 e. The molecule has 0 saturated carbocycles. The second-order valence-corrected chi connectivity index (χ2v) is 5.26. The molecule has 0 saturated heterocycles. The summed E-state index contributed by atoms with van der Waals surface area (Å²) in [7, 11) is 1.56. The van der Waals surface area contributed by atoms with Gasteiger partial charge in [-0.1, -0.05) is 6.92 Å². The molecule has 118 valence electrons. The summed E-state index contributed by atoms with van der Waals surface area (Å²) in [5.74, 6) is -0.0631. The van der Waals surface area contributed by atoms with Crippen molar-refractivity contribution in [1.82, 2.24) is 10.3 Å². The molecular weight excluding hydrogens is 321 g/mol. The number of amides is 1. The van der Waals surface area contributed by atoms with Gasteiger partial charge in [-0.2, -0.15) is 0 Å². The predicted molar refractivity (Wildman–Crippen MR) is 86.9 cm³/mol. The van der Waals surface area contributed by atoms with Crippen molar-refractivity contribution in [2.45, 2.75) is 38.3 Å². The third-order valence-corrected chi connectivity index (χ3v) is 4.07. The van der Waals surface area contributed by atoms with Crippen molar-refractivity contribution in [3.05, 3.63) is 16.6 Å². The number of ether oxygens (including phenoxy) is 1. The molecule has 0 fully saturated rings. The van der Waals surface area contributed by atoms with Crippen LogP contribution in [0.2, 0.25) is 0 Å². The van der Waals surface area contributed by atoms with E-state index < -0.39 is 5.54 Å². The van der Waals surface area contributed by atoms with E-state index in [1.54, 1.807) is 24.6 Å². The Morgan fingerprint density at radius 1 is 1.60 bits per heavy atom. The van der Waals surface area contributed by atoms with E-state index >= 15 is 0 Å². The van der Waals surface area contributed by atoms with Gasteiger partial charge in [-0.25, -0.2) is 4.98 Å². The number of halogens is 2. The van der Waals surface area contributed by atoms with Crippen molar-refractivity contribution < 1.29 is 9.53 Å². The SMILES string of the molecule is CCC(C)(NC(=O)CC(CN)OC)c1nccs1.Cl.Cl. The average Bonchev–Trinajstić information content (AvgIpc) is 2.90. The quantitative estimate of drug-likeness (QED) is 0.794. The molecule has 1 heterocycles. The standard InChI is InChI=1S/C12H21N3O2S.2ClH/c1-4-12(2,11-14-5-6-18-11)15-10(16)7-9(8-13)17-3;;/h5-6,9H,4,7-8,13H2,1-3H3,(H,15,16);2*1H. The Labute approximate surface area is 136 Å². The van der Waals surface area contributed by atoms with Crippen LogP contribution >= 0.6 is 36.2 Å². The largest absolute Gasteiger partial charge is 0.380 e. The lowest BCUT2D eigenvalue weighted by atomic mass is 9.99. The molecule has 0 aromatic carbocycles. The van der Waals surface area contributed by atoms with Crippen molar-refractivity contribution in [3.63, 3.8) is 0 Å². The van der Waals surface area contributed by atoms with E-state index in [0.717, 1.165) is 11.4 Å². The van der Waals surface area contributed by atoms with Crippen LogP contribution in [0.15, 0.2) is 11.6 Å². The smallest absolute Gasteiger partial charge is 0.223 e. The van der Waals surface area contributed by atoms with Crippen LogP contribution in [0.3, 0.4) is 0 Å². The van der Waals surface area contributed by atoms with E-state index in [4.69, 9.17) is 10.5 Å². The molecule has 5 nitrogen and oxygen atoms in total. The van der Waals surface area contributed by atoms with Crippen LogP contribution in [0, 0.1) is 0 Å². The van der Waals surface area contributed by atoms with Crippen LogP contribution in [0.25, 0.3) is 0 Å². The second-order valence-electron chi connectivity index (χ2n) is 4.37. The van der Waals surface area contributed by atoms with Gasteiger partial charge in [-0.3, -0.25) is 4.79 Å². The molecule has 1 rings (SSSR count). The fourth-order valence-corrected chi connectivity index (χ4v) is 2.45. The van der Waals surface area contributed by atoms with Gasteiger partial charge in [0.1, 0.15) is 5.01 Å². The summed E-state index contributed by atoms with van der Waals surface area (Å²) in [4.78, 5) is 16.3. The Hall–Kier alpha value is -0.400. The van der Waals surface area contributed by atoms with Crippen molar-refractivity contribution in [2.75, 3.05) is 13.7 Å². The number of aromatic nitrogens is 1. The molecule has 0 spiro atoms. The summed E-state index contributed by atoms with van der Waals surface area (Å²) in [6, 6.07) is 0. The molecule has 1 aromatic rings. The van der Waals surface area contributed by atoms with Crippen LogP contribution in [-0.2, 0) is 15.1 Å². The number of carbonyl (C=O) groups is 1. The van der Waals surface area contributed by atoms with Crippen LogP contribution < -0.4 is 11.1 Å². The van der Waals surface area contributed by atoms with Gasteiger partial charge in [-0.15, -0.1) is 36.2 Å². The minimum atomic E-state index is -0.419. The topological polar surface area (TPSA) is 77.2 Å². The van der Waals surface area contributed by atoms with Gasteiger partial charge in [-0.05, 0) is 13.3 Å². The summed E-state index contributed by atoms with van der Waals surface area (Å²) in [6.07, 6.45) is 2.57. The Bertz CT molecular complexity index is 375. The zero-order valence-corrected chi connectivity index (χ0v) is 14.4. The summed E-state index contributed by atoms with van der Waals surface area (Å²) in [6.45, 7) is 4.34. The highest BCUT2D eigenvalue weighted by Crippen LogP contribution is 2.26. The van der Waals surface area contributed by atoms with Crippen LogP contribution in [0.1, 0.15) is 31.7 Å². The summed E-state index contributed by atoms with van der Waals surface area (Å²) >= 11 is 1.55. The lowest BCUT2D eigenvalue weighted by molar-refractivity contribution is -0.125. The molecule has 20 heavy (non-hydrogen) atoms. The molecule has 2 unspecified atom stereocenters. The highest BCUT2D eigenvalue weighted by Gasteiger charge is 2.29. The van der Waals surface area contributed by atoms with Gasteiger partial charge in [0.05, 0.1) is 18.1 Å². The summed E-state index contributed by atoms with van der Waals surface area (Å²) < 4.78 is 5.11. The van der Waals surface area contributed by atoms with Gasteiger partial charge in [0.25, 0.3) is 0 Å². The third-order valence-electron chi connectivity index (χ3n) is 3.04. The lowest BCUT2D eigenvalue weighted by Gasteiger charge is -2.28. The number of nitrogens with two attached hydrogens (primary N) is 1. The molecule has 1 aromatic heterocycles. The number of nitrogens with zero attached hydrogens (tertiary/aromatic N) is 1. The average molecular weight is 344 g/mol. The minimum absolute atomic E-state index is 0. The van der Waals surface area contributed by atoms with E-state index in [-0.39, 0.29) is 43.2 Å². The fraction of sp³-hybridized carbons (Fsp3) is 0.667. The molecule has 2 atom stereocenters. The van der Waals surface area contributed by atoms with Crippen molar-refractivity contribution in [2.24, 2.45) is 5.73 Å². The molecule has 3 N–H and O–H groups in total. The first-order valence-corrected chi connectivity index (χ1v) is 6.87. The number of hydrogen-bond donors (Lipinski definition) is 2. The molecule has 0 aliphatic rings. The molecule has 0 aliphatic carbocycles. The monoisotopic (exact) mass is 343 g/mol. The van der Waals surface area contributed by atoms with E-state index in [0.29, 0.717) is 6.54 Å². The maximum atomic E-state index is 12.0. The Kier molecular flexibility index (Phi) is 11.3. The van der Waals surface area contributed by atoms with Gasteiger partial charge in [0, 0.05) is 25.2 Å². The summed E-state index contributed by atoms with van der Waals surface area (Å²) in [5, 5.41) is 5.84. The van der Waals surface area contributed by atoms with E-state index in [2.05, 4.69) is 10.3 Å². The first-order chi connectivity index (χ1) is 8.55. The van der Waals surface area contributed by atoms with Crippen LogP contribution in [0.4, 0.5) is 0 Å². The van der Waals surface area contributed by atoms with E-state index in [1.165, 1.54) is 0 Å². The minimum Gasteiger partial charge on any atom is -0.380 e. The van der Waals surface area contributed by atoms with Crippen molar-refractivity contribution >= 4 is 42.1 Å². The van der Waals surface area contributed by atoms with Gasteiger partial charge < -0.3 is 15.8 Å². The Morgan fingerprint density at radius 2 is 2.25 bits per heavy atom. The normalized spacial score (nSPS) is 14.4. The second kappa shape index (κ2) is 10.3. The number of methoxy groups -OCH3 is 1. The van der Waals surface area contributed by atoms with Crippen LogP contribution in [-0.4, -0.2) is 30.6 Å². The van der Waals surface area contributed by atoms with Gasteiger partial charge in [0.15, 0.2) is 0 Å². The van der Waals surface area contributed by atoms with E-state index in [9.17, 15) is 4.79 Å². The van der Waals surface area contributed by atoms with Crippen molar-refractivity contribution in [1.29, 1.82) is 0 Å². The molecule has 0 bridgehead atoms. The fourth-order valence-electron chi connectivity index (χ4n) is 1.62. The van der Waals surface area contributed by atoms with Crippen LogP contribution in [0.5, 0.6) is 0 Å². The van der Waals surface area contributed by atoms with Crippen molar-refractivity contribution in [3.8, 4) is 0 Å². The Morgan fingerprint density at radius 3 is 2.65 bits per heavy atom. The highest BCUT2D eigenvalue weighted by molar-refractivity contribution is 7.09. The number of thiazole rings is 1. The van der Waals surface area contributed by atoms with Gasteiger partial charge >= 0.3 is 0 Å². The predicted octanol–water partition coefficient (Wildman–Crippen LogP) is 2.09. The zero-order chi connectivity index (χ0) is 13.6. The highest BCUT2D eigenvalue weighted by atomic mass is 35.5. The van der Waals surface area contributed by atoms with E-state index in [1.807, 2.05) is 19.2 Å². The molecule has 0 radical (unpaired) electrons. The first-order valence-electron chi connectivity index (χ1n) is 5.99. The number of carbonyl (C=O) groups excluding carboxylic acids is 1. The molecule has 1 amide bonds. The first kappa shape index (κ1) is 21.9. The third kappa shape index (κ3) is 5.93. The number of nitrogens with one attached hydrogen (secondary N) is 1. The number of hydrogen-bond acceptors (Lipinski definition) is 5. The lowest BCUT2D eigenvalue weighted by Crippen LogP contribution is -2.44.